The molecule has 0 fully saturated rings. The molecule has 58 valence electrons. The van der Waals surface area contributed by atoms with Gasteiger partial charge >= 0.3 is 0 Å². The minimum atomic E-state index is 0.245. The van der Waals surface area contributed by atoms with Gasteiger partial charge in [0.2, 0.25) is 0 Å². The number of hydrogen-bond acceptors (Lipinski definition) is 2. The predicted octanol–water partition coefficient (Wildman–Crippen LogP) is 1.75. The zero-order valence-corrected chi connectivity index (χ0v) is 6.57. The van der Waals surface area contributed by atoms with Gasteiger partial charge in [0, 0.05) is 12.4 Å². The quantitative estimate of drug-likeness (QED) is 0.657. The zero-order valence-electron chi connectivity index (χ0n) is 6.57. The van der Waals surface area contributed by atoms with Gasteiger partial charge in [-0.3, -0.25) is 4.68 Å². The summed E-state index contributed by atoms with van der Waals surface area (Å²) in [6.45, 7) is 2.06. The van der Waals surface area contributed by atoms with Crippen molar-refractivity contribution >= 4 is 0 Å². The molecule has 0 N–H and O–H groups in total. The molecule has 3 nitrogen and oxygen atoms in total. The van der Waals surface area contributed by atoms with Crippen molar-refractivity contribution in [1.29, 1.82) is 5.26 Å². The Morgan fingerprint density at radius 3 is 3.00 bits per heavy atom. The summed E-state index contributed by atoms with van der Waals surface area (Å²) in [6.07, 6.45) is 5.12. The maximum absolute atomic E-state index is 8.48. The van der Waals surface area contributed by atoms with Crippen LogP contribution in [0.5, 0.6) is 0 Å². The summed E-state index contributed by atoms with van der Waals surface area (Å²) in [6, 6.07) is 4.27. The molecule has 1 heterocycles. The van der Waals surface area contributed by atoms with Gasteiger partial charge in [-0.1, -0.05) is 6.92 Å². The van der Waals surface area contributed by atoms with Crippen molar-refractivity contribution < 1.29 is 0 Å². The largest absolute Gasteiger partial charge is 0.269 e. The Morgan fingerprint density at radius 2 is 2.55 bits per heavy atom. The van der Waals surface area contributed by atoms with Crippen molar-refractivity contribution in [1.82, 2.24) is 9.78 Å². The molecule has 1 aromatic heterocycles. The third-order valence-electron chi connectivity index (χ3n) is 1.70. The van der Waals surface area contributed by atoms with Crippen LogP contribution < -0.4 is 0 Å². The number of nitriles is 1. The summed E-state index contributed by atoms with van der Waals surface area (Å²) in [7, 11) is 0. The van der Waals surface area contributed by atoms with Gasteiger partial charge in [-0.15, -0.1) is 0 Å². The van der Waals surface area contributed by atoms with Gasteiger partial charge in [0.05, 0.1) is 18.5 Å². The lowest BCUT2D eigenvalue weighted by atomic mass is 10.2. The summed E-state index contributed by atoms with van der Waals surface area (Å²) in [5.74, 6) is 0. The van der Waals surface area contributed by atoms with Crippen LogP contribution in [0.2, 0.25) is 0 Å². The van der Waals surface area contributed by atoms with E-state index in [0.29, 0.717) is 6.42 Å². The van der Waals surface area contributed by atoms with Gasteiger partial charge in [0.1, 0.15) is 0 Å². The summed E-state index contributed by atoms with van der Waals surface area (Å²) in [5, 5.41) is 12.5. The van der Waals surface area contributed by atoms with E-state index in [2.05, 4.69) is 18.1 Å². The summed E-state index contributed by atoms with van der Waals surface area (Å²) < 4.78 is 1.84. The van der Waals surface area contributed by atoms with Crippen molar-refractivity contribution in [3.63, 3.8) is 0 Å². The van der Waals surface area contributed by atoms with Crippen LogP contribution in [-0.2, 0) is 0 Å². The molecule has 0 radical (unpaired) electrons. The van der Waals surface area contributed by atoms with Crippen molar-refractivity contribution in [2.45, 2.75) is 25.8 Å². The van der Waals surface area contributed by atoms with E-state index < -0.39 is 0 Å². The van der Waals surface area contributed by atoms with Crippen LogP contribution in [0.1, 0.15) is 25.8 Å². The van der Waals surface area contributed by atoms with E-state index in [-0.39, 0.29) is 6.04 Å². The van der Waals surface area contributed by atoms with Crippen LogP contribution in [0.25, 0.3) is 0 Å². The minimum absolute atomic E-state index is 0.245. The molecule has 0 bridgehead atoms. The molecule has 0 aliphatic heterocycles. The standard InChI is InChI=1S/C8H11N3/c1-2-8(4-5-9)11-7-3-6-10-11/h3,6-8H,2,4H2,1H3/t8-/m1/s1. The summed E-state index contributed by atoms with van der Waals surface area (Å²) in [5.41, 5.74) is 0. The molecule has 0 aliphatic rings. The lowest BCUT2D eigenvalue weighted by Crippen LogP contribution is -2.07. The average molecular weight is 149 g/mol. The van der Waals surface area contributed by atoms with Gasteiger partial charge in [-0.05, 0) is 12.5 Å². The van der Waals surface area contributed by atoms with E-state index in [1.54, 1.807) is 6.20 Å². The Labute approximate surface area is 66.3 Å². The maximum atomic E-state index is 8.48. The first-order chi connectivity index (χ1) is 5.38. The van der Waals surface area contributed by atoms with E-state index in [0.717, 1.165) is 6.42 Å². The SMILES string of the molecule is CC[C@H](CC#N)n1cccn1. The fourth-order valence-corrected chi connectivity index (χ4v) is 1.03. The molecular weight excluding hydrogens is 138 g/mol. The molecule has 1 rings (SSSR count). The summed E-state index contributed by atoms with van der Waals surface area (Å²) in [4.78, 5) is 0. The average Bonchev–Trinajstić information content (AvgIpc) is 2.52. The molecule has 0 aromatic carbocycles. The lowest BCUT2D eigenvalue weighted by Gasteiger charge is -2.10. The predicted molar refractivity (Wildman–Crippen MR) is 41.8 cm³/mol. The fraction of sp³-hybridized carbons (Fsp3) is 0.500. The highest BCUT2D eigenvalue weighted by Crippen LogP contribution is 2.12. The fourth-order valence-electron chi connectivity index (χ4n) is 1.03. The topological polar surface area (TPSA) is 41.6 Å². The van der Waals surface area contributed by atoms with Gasteiger partial charge in [0.15, 0.2) is 0 Å². The maximum Gasteiger partial charge on any atom is 0.0646 e. The number of aromatic nitrogens is 2. The molecule has 0 spiro atoms. The zero-order chi connectivity index (χ0) is 8.10. The first-order valence-corrected chi connectivity index (χ1v) is 3.74. The Kier molecular flexibility index (Phi) is 2.67. The van der Waals surface area contributed by atoms with Crippen molar-refractivity contribution in [3.8, 4) is 6.07 Å². The van der Waals surface area contributed by atoms with Crippen molar-refractivity contribution in [2.75, 3.05) is 0 Å². The highest BCUT2D eigenvalue weighted by atomic mass is 15.3. The Morgan fingerprint density at radius 1 is 1.73 bits per heavy atom. The third kappa shape index (κ3) is 1.81. The number of hydrogen-bond donors (Lipinski definition) is 0. The van der Waals surface area contributed by atoms with Gasteiger partial charge in [-0.25, -0.2) is 0 Å². The van der Waals surface area contributed by atoms with Crippen LogP contribution in [0.4, 0.5) is 0 Å². The van der Waals surface area contributed by atoms with Gasteiger partial charge in [-0.2, -0.15) is 10.4 Å². The highest BCUT2D eigenvalue weighted by molar-refractivity contribution is 4.85. The van der Waals surface area contributed by atoms with Gasteiger partial charge < -0.3 is 0 Å². The molecule has 3 heteroatoms. The van der Waals surface area contributed by atoms with E-state index in [1.165, 1.54) is 0 Å². The van der Waals surface area contributed by atoms with Crippen LogP contribution >= 0.6 is 0 Å². The Bertz CT molecular complexity index is 232. The molecule has 0 unspecified atom stereocenters. The molecule has 1 atom stereocenters. The van der Waals surface area contributed by atoms with Crippen molar-refractivity contribution in [2.24, 2.45) is 0 Å². The van der Waals surface area contributed by atoms with Crippen LogP contribution in [0, 0.1) is 11.3 Å². The second kappa shape index (κ2) is 3.77. The van der Waals surface area contributed by atoms with Crippen LogP contribution in [0.3, 0.4) is 0 Å². The molecule has 0 amide bonds. The third-order valence-corrected chi connectivity index (χ3v) is 1.70. The number of rotatable bonds is 3. The lowest BCUT2D eigenvalue weighted by molar-refractivity contribution is 0.448. The summed E-state index contributed by atoms with van der Waals surface area (Å²) >= 11 is 0. The Balaban J connectivity index is 2.65. The molecule has 0 saturated carbocycles. The number of nitrogens with zero attached hydrogens (tertiary/aromatic N) is 3. The second-order valence-electron chi connectivity index (χ2n) is 2.41. The first kappa shape index (κ1) is 7.80. The molecule has 0 saturated heterocycles. The van der Waals surface area contributed by atoms with E-state index in [4.69, 9.17) is 5.26 Å². The monoisotopic (exact) mass is 149 g/mol. The normalized spacial score (nSPS) is 12.4. The van der Waals surface area contributed by atoms with Crippen LogP contribution in [0.15, 0.2) is 18.5 Å². The minimum Gasteiger partial charge on any atom is -0.269 e. The van der Waals surface area contributed by atoms with E-state index in [1.807, 2.05) is 16.9 Å². The van der Waals surface area contributed by atoms with Crippen molar-refractivity contribution in [3.05, 3.63) is 18.5 Å². The van der Waals surface area contributed by atoms with Crippen LogP contribution in [-0.4, -0.2) is 9.78 Å². The smallest absolute Gasteiger partial charge is 0.0646 e. The highest BCUT2D eigenvalue weighted by Gasteiger charge is 2.06. The second-order valence-corrected chi connectivity index (χ2v) is 2.41. The van der Waals surface area contributed by atoms with E-state index >= 15 is 0 Å². The van der Waals surface area contributed by atoms with E-state index in [9.17, 15) is 0 Å². The molecular formula is C8H11N3. The van der Waals surface area contributed by atoms with Gasteiger partial charge in [0.25, 0.3) is 0 Å². The molecule has 1 aromatic rings. The molecule has 0 aliphatic carbocycles. The Hall–Kier alpha value is -1.30. The first-order valence-electron chi connectivity index (χ1n) is 3.74. The molecule has 11 heavy (non-hydrogen) atoms.